The number of rotatable bonds is 4. The largest absolute Gasteiger partial charge is 0.508 e. The van der Waals surface area contributed by atoms with Gasteiger partial charge in [-0.25, -0.2) is 0 Å². The van der Waals surface area contributed by atoms with Gasteiger partial charge in [-0.1, -0.05) is 0 Å². The van der Waals surface area contributed by atoms with E-state index >= 15 is 0 Å². The number of methoxy groups -OCH3 is 1. The zero-order chi connectivity index (χ0) is 14.0. The quantitative estimate of drug-likeness (QED) is 0.888. The highest BCUT2D eigenvalue weighted by atomic mass is 16.5. The zero-order valence-electron chi connectivity index (χ0n) is 11.8. The van der Waals surface area contributed by atoms with Gasteiger partial charge in [-0.2, -0.15) is 0 Å². The Hall–Kier alpha value is -2.10. The van der Waals surface area contributed by atoms with Gasteiger partial charge in [0, 0.05) is 17.0 Å². The summed E-state index contributed by atoms with van der Waals surface area (Å²) in [4.78, 5) is 0. The Morgan fingerprint density at radius 1 is 1.16 bits per heavy atom. The number of benzene rings is 1. The van der Waals surface area contributed by atoms with Gasteiger partial charge in [-0.15, -0.1) is 0 Å². The lowest BCUT2D eigenvalue weighted by atomic mass is 10.1. The van der Waals surface area contributed by atoms with E-state index in [1.165, 1.54) is 0 Å². The highest BCUT2D eigenvalue weighted by Gasteiger charge is 2.13. The third-order valence-corrected chi connectivity index (χ3v) is 3.30. The van der Waals surface area contributed by atoms with E-state index in [9.17, 15) is 5.11 Å². The molecule has 1 heterocycles. The molecule has 1 atom stereocenters. The van der Waals surface area contributed by atoms with Crippen molar-refractivity contribution in [2.75, 3.05) is 12.5 Å². The second kappa shape index (κ2) is 5.26. The molecule has 1 unspecified atom stereocenters. The molecule has 1 aromatic carbocycles. The Labute approximate surface area is 113 Å². The van der Waals surface area contributed by atoms with E-state index in [4.69, 9.17) is 4.74 Å². The Balaban J connectivity index is 2.27. The molecule has 0 saturated heterocycles. The minimum Gasteiger partial charge on any atom is -0.508 e. The minimum absolute atomic E-state index is 0.0279. The lowest BCUT2D eigenvalue weighted by Gasteiger charge is -2.21. The molecule has 0 saturated carbocycles. The van der Waals surface area contributed by atoms with E-state index in [1.807, 2.05) is 31.5 Å². The van der Waals surface area contributed by atoms with Gasteiger partial charge in [-0.05, 0) is 51.1 Å². The second-order valence-corrected chi connectivity index (χ2v) is 4.73. The fourth-order valence-electron chi connectivity index (χ4n) is 2.14. The SMILES string of the molecule is COc1ccc(O)c(C(C)Nn2c(C)ccc2C)c1. The molecule has 4 nitrogen and oxygen atoms in total. The van der Waals surface area contributed by atoms with Gasteiger partial charge < -0.3 is 15.3 Å². The number of aromatic hydroxyl groups is 1. The van der Waals surface area contributed by atoms with Crippen LogP contribution < -0.4 is 10.2 Å². The van der Waals surface area contributed by atoms with E-state index < -0.39 is 0 Å². The summed E-state index contributed by atoms with van der Waals surface area (Å²) in [6.45, 7) is 6.09. The van der Waals surface area contributed by atoms with E-state index in [0.29, 0.717) is 0 Å². The maximum absolute atomic E-state index is 9.96. The van der Waals surface area contributed by atoms with Crippen LogP contribution in [-0.4, -0.2) is 16.9 Å². The summed E-state index contributed by atoms with van der Waals surface area (Å²) in [5, 5.41) is 9.96. The van der Waals surface area contributed by atoms with Gasteiger partial charge in [0.1, 0.15) is 11.5 Å². The number of phenolic OH excluding ortho intramolecular Hbond substituents is 1. The highest BCUT2D eigenvalue weighted by Crippen LogP contribution is 2.29. The van der Waals surface area contributed by atoms with Gasteiger partial charge in [0.15, 0.2) is 0 Å². The predicted molar refractivity (Wildman–Crippen MR) is 76.3 cm³/mol. The molecular weight excluding hydrogens is 240 g/mol. The third kappa shape index (κ3) is 2.67. The number of ether oxygens (including phenoxy) is 1. The molecule has 2 aromatic rings. The average Bonchev–Trinajstić information content (AvgIpc) is 2.71. The van der Waals surface area contributed by atoms with Crippen molar-refractivity contribution in [3.8, 4) is 11.5 Å². The molecule has 0 bridgehead atoms. The highest BCUT2D eigenvalue weighted by molar-refractivity contribution is 5.42. The molecule has 1 aromatic heterocycles. The van der Waals surface area contributed by atoms with E-state index in [1.54, 1.807) is 19.2 Å². The smallest absolute Gasteiger partial charge is 0.121 e. The summed E-state index contributed by atoms with van der Waals surface area (Å²) in [6, 6.07) is 9.33. The molecule has 19 heavy (non-hydrogen) atoms. The van der Waals surface area contributed by atoms with Gasteiger partial charge in [0.05, 0.1) is 13.2 Å². The van der Waals surface area contributed by atoms with Crippen molar-refractivity contribution in [2.24, 2.45) is 0 Å². The van der Waals surface area contributed by atoms with Gasteiger partial charge in [0.25, 0.3) is 0 Å². The first-order valence-electron chi connectivity index (χ1n) is 6.31. The molecule has 0 aliphatic rings. The van der Waals surface area contributed by atoms with Crippen LogP contribution in [0.15, 0.2) is 30.3 Å². The van der Waals surface area contributed by atoms with Crippen LogP contribution in [0.1, 0.15) is 29.9 Å². The van der Waals surface area contributed by atoms with Crippen molar-refractivity contribution < 1.29 is 9.84 Å². The topological polar surface area (TPSA) is 46.4 Å². The first kappa shape index (κ1) is 13.3. The number of nitrogens with zero attached hydrogens (tertiary/aromatic N) is 1. The van der Waals surface area contributed by atoms with E-state index in [-0.39, 0.29) is 11.8 Å². The molecule has 0 aliphatic heterocycles. The van der Waals surface area contributed by atoms with Crippen LogP contribution in [0.25, 0.3) is 0 Å². The Morgan fingerprint density at radius 2 is 1.79 bits per heavy atom. The molecule has 0 fully saturated rings. The molecule has 0 amide bonds. The molecule has 0 spiro atoms. The average molecular weight is 260 g/mol. The number of nitrogens with one attached hydrogen (secondary N) is 1. The van der Waals surface area contributed by atoms with Crippen LogP contribution in [0.2, 0.25) is 0 Å². The van der Waals surface area contributed by atoms with Gasteiger partial charge in [-0.3, -0.25) is 4.68 Å². The van der Waals surface area contributed by atoms with Crippen LogP contribution in [-0.2, 0) is 0 Å². The predicted octanol–water partition coefficient (Wildman–Crippen LogP) is 3.12. The van der Waals surface area contributed by atoms with Crippen molar-refractivity contribution >= 4 is 0 Å². The van der Waals surface area contributed by atoms with Crippen molar-refractivity contribution in [1.29, 1.82) is 0 Å². The molecule has 0 radical (unpaired) electrons. The van der Waals surface area contributed by atoms with Crippen molar-refractivity contribution in [3.63, 3.8) is 0 Å². The molecule has 4 heteroatoms. The summed E-state index contributed by atoms with van der Waals surface area (Å²) in [7, 11) is 1.62. The zero-order valence-corrected chi connectivity index (χ0v) is 11.8. The Kier molecular flexibility index (Phi) is 3.69. The normalized spacial score (nSPS) is 12.2. The monoisotopic (exact) mass is 260 g/mol. The Morgan fingerprint density at radius 3 is 2.37 bits per heavy atom. The lowest BCUT2D eigenvalue weighted by Crippen LogP contribution is -2.21. The van der Waals surface area contributed by atoms with Crippen LogP contribution in [0.4, 0.5) is 0 Å². The summed E-state index contributed by atoms with van der Waals surface area (Å²) in [6.07, 6.45) is 0. The number of aryl methyl sites for hydroxylation is 2. The lowest BCUT2D eigenvalue weighted by molar-refractivity contribution is 0.409. The molecule has 0 aliphatic carbocycles. The van der Waals surface area contributed by atoms with E-state index in [0.717, 1.165) is 22.7 Å². The van der Waals surface area contributed by atoms with Crippen LogP contribution in [0.5, 0.6) is 11.5 Å². The fourth-order valence-corrected chi connectivity index (χ4v) is 2.14. The second-order valence-electron chi connectivity index (χ2n) is 4.73. The van der Waals surface area contributed by atoms with Crippen molar-refractivity contribution in [3.05, 3.63) is 47.3 Å². The third-order valence-electron chi connectivity index (χ3n) is 3.30. The number of hydrogen-bond acceptors (Lipinski definition) is 3. The van der Waals surface area contributed by atoms with E-state index in [2.05, 4.69) is 17.6 Å². The maximum atomic E-state index is 9.96. The van der Waals surface area contributed by atoms with Crippen LogP contribution in [0.3, 0.4) is 0 Å². The summed E-state index contributed by atoms with van der Waals surface area (Å²) in [5.74, 6) is 1.01. The Bertz CT molecular complexity index is 556. The standard InChI is InChI=1S/C15H20N2O2/c1-10-5-6-11(2)17(10)16-12(3)14-9-13(19-4)7-8-15(14)18/h5-9,12,16,18H,1-4H3. The van der Waals surface area contributed by atoms with Crippen molar-refractivity contribution in [1.82, 2.24) is 4.68 Å². The first-order chi connectivity index (χ1) is 9.02. The molecular formula is C15H20N2O2. The number of phenols is 1. The summed E-state index contributed by atoms with van der Waals surface area (Å²) >= 11 is 0. The van der Waals surface area contributed by atoms with Gasteiger partial charge >= 0.3 is 0 Å². The number of aromatic nitrogens is 1. The number of hydrogen-bond donors (Lipinski definition) is 2. The minimum atomic E-state index is -0.0279. The van der Waals surface area contributed by atoms with Crippen LogP contribution in [0, 0.1) is 13.8 Å². The first-order valence-corrected chi connectivity index (χ1v) is 6.31. The molecule has 102 valence electrons. The van der Waals surface area contributed by atoms with Crippen LogP contribution >= 0.6 is 0 Å². The van der Waals surface area contributed by atoms with Crippen molar-refractivity contribution in [2.45, 2.75) is 26.8 Å². The summed E-state index contributed by atoms with van der Waals surface area (Å²) < 4.78 is 7.21. The maximum Gasteiger partial charge on any atom is 0.121 e. The summed E-state index contributed by atoms with van der Waals surface area (Å²) in [5.41, 5.74) is 6.44. The van der Waals surface area contributed by atoms with Gasteiger partial charge in [0.2, 0.25) is 0 Å². The fraction of sp³-hybridized carbons (Fsp3) is 0.333. The molecule has 2 N–H and O–H groups in total. The molecule has 2 rings (SSSR count).